The second-order valence-electron chi connectivity index (χ2n) is 2.55. The van der Waals surface area contributed by atoms with E-state index in [0.29, 0.717) is 11.1 Å². The smallest absolute Gasteiger partial charge is 0.330 e. The molecule has 0 aliphatic carbocycles. The van der Waals surface area contributed by atoms with Crippen molar-refractivity contribution in [3.05, 3.63) is 23.3 Å². The second-order valence-corrected chi connectivity index (χ2v) is 2.55. The molecule has 0 bridgehead atoms. The van der Waals surface area contributed by atoms with Crippen LogP contribution >= 0.6 is 0 Å². The topological polar surface area (TPSA) is 74.6 Å². The number of hydrogen-bond donors (Lipinski definition) is 2. The molecule has 0 fully saturated rings. The summed E-state index contributed by atoms with van der Waals surface area (Å²) in [5, 5.41) is 16.2. The van der Waals surface area contributed by atoms with E-state index < -0.39 is 11.9 Å². The molecule has 82 valence electrons. The summed E-state index contributed by atoms with van der Waals surface area (Å²) in [6, 6.07) is 0. The number of carbonyl (C=O) groups is 2. The van der Waals surface area contributed by atoms with E-state index in [1.54, 1.807) is 39.8 Å². The molecule has 0 unspecified atom stereocenters. The van der Waals surface area contributed by atoms with E-state index >= 15 is 0 Å². The van der Waals surface area contributed by atoms with Crippen LogP contribution in [-0.4, -0.2) is 22.2 Å². The van der Waals surface area contributed by atoms with E-state index in [1.165, 1.54) is 0 Å². The Balaban J connectivity index is -0.000000180. The van der Waals surface area contributed by atoms with Crippen LogP contribution in [0, 0.1) is 0 Å². The van der Waals surface area contributed by atoms with E-state index in [4.69, 9.17) is 10.2 Å². The normalized spacial score (nSPS) is 10.7. The molecule has 5 heteroatoms. The Morgan fingerprint density at radius 3 is 1.07 bits per heavy atom. The van der Waals surface area contributed by atoms with Gasteiger partial charge in [0, 0.05) is 30.6 Å². The molecule has 0 heterocycles. The molecule has 0 radical (unpaired) electrons. The Labute approximate surface area is 102 Å². The molecule has 0 saturated heterocycles. The summed E-state index contributed by atoms with van der Waals surface area (Å²) in [5.74, 6) is -1.69. The number of rotatable bonds is 2. The average molecular weight is 266 g/mol. The van der Waals surface area contributed by atoms with Crippen LogP contribution < -0.4 is 0 Å². The van der Waals surface area contributed by atoms with Crippen LogP contribution in [0.25, 0.3) is 0 Å². The molecule has 0 spiro atoms. The van der Waals surface area contributed by atoms with Crippen LogP contribution in [0.4, 0.5) is 0 Å². The summed E-state index contributed by atoms with van der Waals surface area (Å²) < 4.78 is 0. The summed E-state index contributed by atoms with van der Waals surface area (Å²) in [4.78, 5) is 19.7. The van der Waals surface area contributed by atoms with Gasteiger partial charge in [-0.25, -0.2) is 9.59 Å². The van der Waals surface area contributed by atoms with Crippen molar-refractivity contribution in [1.82, 2.24) is 0 Å². The molecule has 15 heavy (non-hydrogen) atoms. The van der Waals surface area contributed by atoms with Crippen molar-refractivity contribution in [2.75, 3.05) is 0 Å². The largest absolute Gasteiger partial charge is 0.478 e. The van der Waals surface area contributed by atoms with Crippen molar-refractivity contribution in [3.8, 4) is 0 Å². The van der Waals surface area contributed by atoms with Crippen molar-refractivity contribution in [2.24, 2.45) is 0 Å². The monoisotopic (exact) mass is 264 g/mol. The minimum Gasteiger partial charge on any atom is -0.478 e. The van der Waals surface area contributed by atoms with Crippen LogP contribution in [0.3, 0.4) is 0 Å². The molecular weight excluding hydrogens is 249 g/mol. The fourth-order valence-corrected chi connectivity index (χ4v) is 0.247. The molecule has 0 atom stereocenters. The zero-order valence-electron chi connectivity index (χ0n) is 9.57. The summed E-state index contributed by atoms with van der Waals surface area (Å²) >= 11 is 0. The number of hydrogen-bond acceptors (Lipinski definition) is 2. The molecule has 0 amide bonds. The summed E-state index contributed by atoms with van der Waals surface area (Å²) in [5.41, 5.74) is 0.778. The van der Waals surface area contributed by atoms with Crippen molar-refractivity contribution in [2.45, 2.75) is 27.7 Å². The van der Waals surface area contributed by atoms with Crippen molar-refractivity contribution >= 4 is 11.9 Å². The van der Waals surface area contributed by atoms with Gasteiger partial charge in [0.25, 0.3) is 0 Å². The fraction of sp³-hybridized carbons (Fsp3) is 0.400. The second kappa shape index (κ2) is 11.1. The predicted molar refractivity (Wildman–Crippen MR) is 54.1 cm³/mol. The van der Waals surface area contributed by atoms with Gasteiger partial charge in [-0.3, -0.25) is 0 Å². The maximum absolute atomic E-state index is 9.86. The standard InChI is InChI=1S/2C5H8O2.Zn/c2*1-3-4(2)5(6)7;/h2*3H,1-2H3,(H,6,7);/b2*4-3+;. The van der Waals surface area contributed by atoms with Gasteiger partial charge in [-0.2, -0.15) is 0 Å². The van der Waals surface area contributed by atoms with Gasteiger partial charge in [0.2, 0.25) is 0 Å². The third kappa shape index (κ3) is 13.0. The molecule has 0 aromatic rings. The first-order valence-corrected chi connectivity index (χ1v) is 4.09. The minimum absolute atomic E-state index is 0. The van der Waals surface area contributed by atoms with Crippen molar-refractivity contribution in [3.63, 3.8) is 0 Å². The van der Waals surface area contributed by atoms with E-state index in [-0.39, 0.29) is 19.5 Å². The predicted octanol–water partition coefficient (Wildman–Crippen LogP) is 2.07. The Morgan fingerprint density at radius 2 is 1.07 bits per heavy atom. The first-order chi connectivity index (χ1) is 6.36. The molecular formula is C10H16O4Zn. The fourth-order valence-electron chi connectivity index (χ4n) is 0.247. The summed E-state index contributed by atoms with van der Waals surface area (Å²) in [6.07, 6.45) is 3.12. The third-order valence-electron chi connectivity index (χ3n) is 1.54. The number of carboxylic acid groups (broad SMARTS) is 2. The van der Waals surface area contributed by atoms with Gasteiger partial charge >= 0.3 is 11.9 Å². The molecule has 0 saturated carbocycles. The minimum atomic E-state index is -0.845. The number of carboxylic acids is 2. The Kier molecular flexibility index (Phi) is 14.5. The van der Waals surface area contributed by atoms with Gasteiger partial charge in [-0.1, -0.05) is 12.2 Å². The van der Waals surface area contributed by atoms with E-state index in [1.807, 2.05) is 0 Å². The third-order valence-corrected chi connectivity index (χ3v) is 1.54. The Bertz CT molecular complexity index is 239. The maximum Gasteiger partial charge on any atom is 0.330 e. The zero-order valence-corrected chi connectivity index (χ0v) is 12.5. The molecule has 0 aromatic heterocycles. The van der Waals surface area contributed by atoms with Gasteiger partial charge in [-0.15, -0.1) is 0 Å². The quantitative estimate of drug-likeness (QED) is 0.592. The molecule has 4 nitrogen and oxygen atoms in total. The van der Waals surface area contributed by atoms with E-state index in [2.05, 4.69) is 0 Å². The molecule has 0 aliphatic heterocycles. The van der Waals surface area contributed by atoms with Crippen molar-refractivity contribution < 1.29 is 39.3 Å². The van der Waals surface area contributed by atoms with Crippen LogP contribution in [0.5, 0.6) is 0 Å². The molecule has 0 aromatic carbocycles. The van der Waals surface area contributed by atoms with Crippen molar-refractivity contribution in [1.29, 1.82) is 0 Å². The van der Waals surface area contributed by atoms with E-state index in [9.17, 15) is 9.59 Å². The van der Waals surface area contributed by atoms with Gasteiger partial charge in [0.1, 0.15) is 0 Å². The zero-order chi connectivity index (χ0) is 11.7. The van der Waals surface area contributed by atoms with Crippen LogP contribution in [0.1, 0.15) is 27.7 Å². The van der Waals surface area contributed by atoms with Crippen LogP contribution in [-0.2, 0) is 29.1 Å². The first kappa shape index (κ1) is 19.6. The Morgan fingerprint density at radius 1 is 0.867 bits per heavy atom. The maximum atomic E-state index is 9.86. The molecule has 0 rings (SSSR count). The average Bonchev–Trinajstić information content (AvgIpc) is 2.15. The van der Waals surface area contributed by atoms with Gasteiger partial charge < -0.3 is 10.2 Å². The number of aliphatic carboxylic acids is 2. The van der Waals surface area contributed by atoms with Gasteiger partial charge in [0.05, 0.1) is 0 Å². The summed E-state index contributed by atoms with van der Waals surface area (Å²) in [6.45, 7) is 6.51. The van der Waals surface area contributed by atoms with Crippen LogP contribution in [0.15, 0.2) is 23.3 Å². The van der Waals surface area contributed by atoms with Crippen LogP contribution in [0.2, 0.25) is 0 Å². The summed E-state index contributed by atoms with van der Waals surface area (Å²) in [7, 11) is 0. The van der Waals surface area contributed by atoms with E-state index in [0.717, 1.165) is 0 Å². The number of allylic oxidation sites excluding steroid dienone is 2. The Hall–Kier alpha value is -0.957. The van der Waals surface area contributed by atoms with Gasteiger partial charge in [-0.05, 0) is 27.7 Å². The molecule has 0 aliphatic rings. The van der Waals surface area contributed by atoms with Gasteiger partial charge in [0.15, 0.2) is 0 Å². The first-order valence-electron chi connectivity index (χ1n) is 4.09. The molecule has 2 N–H and O–H groups in total. The SMILES string of the molecule is C/C=C(\C)C(=O)O.C/C=C(\C)C(=O)O.[Zn].